The number of ketones is 1. The molecule has 0 unspecified atom stereocenters. The van der Waals surface area contributed by atoms with Gasteiger partial charge in [-0.3, -0.25) is 9.59 Å². The molecule has 0 saturated carbocycles. The SMILES string of the molecule is CC(C)=CC(=O)c1c2c(c(O)c3c(=O)cc(C)oc13)C=CC(C)(C)O2. The first-order valence-electron chi connectivity index (χ1n) is 8.01. The zero-order valence-electron chi connectivity index (χ0n) is 14.9. The molecule has 3 rings (SSSR count). The monoisotopic (exact) mass is 340 g/mol. The van der Waals surface area contributed by atoms with Crippen LogP contribution in [0, 0.1) is 6.92 Å². The fraction of sp³-hybridized carbons (Fsp3) is 0.300. The van der Waals surface area contributed by atoms with E-state index in [-0.39, 0.29) is 33.8 Å². The van der Waals surface area contributed by atoms with Crippen LogP contribution in [-0.4, -0.2) is 16.5 Å². The molecule has 0 amide bonds. The van der Waals surface area contributed by atoms with Crippen molar-refractivity contribution < 1.29 is 19.1 Å². The van der Waals surface area contributed by atoms with E-state index in [1.54, 1.807) is 32.9 Å². The number of aromatic hydroxyl groups is 1. The predicted octanol–water partition coefficient (Wildman–Crippen LogP) is 4.14. The van der Waals surface area contributed by atoms with Gasteiger partial charge in [0, 0.05) is 6.07 Å². The lowest BCUT2D eigenvalue weighted by molar-refractivity contribution is 0.103. The summed E-state index contributed by atoms with van der Waals surface area (Å²) in [5, 5.41) is 10.6. The van der Waals surface area contributed by atoms with Gasteiger partial charge in [0.2, 0.25) is 0 Å². The Kier molecular flexibility index (Phi) is 3.82. The molecule has 5 heteroatoms. The van der Waals surface area contributed by atoms with Gasteiger partial charge in [0.1, 0.15) is 33.8 Å². The van der Waals surface area contributed by atoms with Crippen molar-refractivity contribution in [1.82, 2.24) is 0 Å². The highest BCUT2D eigenvalue weighted by Gasteiger charge is 2.32. The third kappa shape index (κ3) is 2.86. The maximum Gasteiger partial charge on any atom is 0.196 e. The van der Waals surface area contributed by atoms with Crippen LogP contribution in [0.2, 0.25) is 0 Å². The van der Waals surface area contributed by atoms with E-state index < -0.39 is 11.0 Å². The van der Waals surface area contributed by atoms with Crippen LogP contribution in [0.15, 0.2) is 33.0 Å². The van der Waals surface area contributed by atoms with Crippen molar-refractivity contribution >= 4 is 22.8 Å². The van der Waals surface area contributed by atoms with Crippen molar-refractivity contribution in [1.29, 1.82) is 0 Å². The molecule has 0 saturated heterocycles. The average Bonchev–Trinajstić information content (AvgIpc) is 2.44. The van der Waals surface area contributed by atoms with Gasteiger partial charge >= 0.3 is 0 Å². The highest BCUT2D eigenvalue weighted by molar-refractivity contribution is 6.16. The molecule has 0 bridgehead atoms. The molecule has 0 atom stereocenters. The summed E-state index contributed by atoms with van der Waals surface area (Å²) in [5.41, 5.74) is 0.270. The third-order valence-electron chi connectivity index (χ3n) is 3.94. The fourth-order valence-corrected chi connectivity index (χ4v) is 2.89. The Bertz CT molecular complexity index is 1010. The number of allylic oxidation sites excluding steroid dienone is 2. The molecule has 1 N–H and O–H groups in total. The molecule has 1 aromatic carbocycles. The molecule has 0 fully saturated rings. The van der Waals surface area contributed by atoms with Gasteiger partial charge in [-0.15, -0.1) is 0 Å². The summed E-state index contributed by atoms with van der Waals surface area (Å²) in [7, 11) is 0. The van der Waals surface area contributed by atoms with Crippen molar-refractivity contribution in [2.45, 2.75) is 40.2 Å². The molecule has 0 spiro atoms. The van der Waals surface area contributed by atoms with Gasteiger partial charge in [-0.1, -0.05) is 5.57 Å². The standard InChI is InChI=1S/C20H20O5/c1-10(2)8-13(21)16-18-12(6-7-20(4,5)25-18)17(23)15-14(22)9-11(3)24-19(15)16/h6-9,23H,1-5H3. The van der Waals surface area contributed by atoms with Gasteiger partial charge in [-0.2, -0.15) is 0 Å². The number of hydrogen-bond acceptors (Lipinski definition) is 5. The number of ether oxygens (including phenoxy) is 1. The van der Waals surface area contributed by atoms with E-state index in [2.05, 4.69) is 0 Å². The van der Waals surface area contributed by atoms with E-state index in [0.29, 0.717) is 11.3 Å². The lowest BCUT2D eigenvalue weighted by Gasteiger charge is -2.29. The average molecular weight is 340 g/mol. The summed E-state index contributed by atoms with van der Waals surface area (Å²) in [6.45, 7) is 8.92. The summed E-state index contributed by atoms with van der Waals surface area (Å²) in [5.74, 6) is 0.0165. The second-order valence-electron chi connectivity index (χ2n) is 7.02. The summed E-state index contributed by atoms with van der Waals surface area (Å²) in [4.78, 5) is 25.3. The zero-order chi connectivity index (χ0) is 18.5. The first kappa shape index (κ1) is 17.0. The number of benzene rings is 1. The molecule has 1 aromatic heterocycles. The summed E-state index contributed by atoms with van der Waals surface area (Å²) >= 11 is 0. The van der Waals surface area contributed by atoms with Crippen LogP contribution in [0.1, 0.15) is 49.4 Å². The first-order valence-corrected chi connectivity index (χ1v) is 8.01. The normalized spacial score (nSPS) is 14.8. The number of carbonyl (C=O) groups excluding carboxylic acids is 1. The van der Waals surface area contributed by atoms with Crippen molar-refractivity contribution in [3.63, 3.8) is 0 Å². The fourth-order valence-electron chi connectivity index (χ4n) is 2.89. The minimum atomic E-state index is -0.656. The number of fused-ring (bicyclic) bond motifs is 2. The van der Waals surface area contributed by atoms with E-state index in [1.165, 1.54) is 12.1 Å². The second-order valence-corrected chi connectivity index (χ2v) is 7.02. The number of phenols is 1. The molecule has 2 aromatic rings. The maximum absolute atomic E-state index is 12.9. The molecule has 1 aliphatic rings. The van der Waals surface area contributed by atoms with Crippen molar-refractivity contribution in [2.75, 3.05) is 0 Å². The largest absolute Gasteiger partial charge is 0.506 e. The summed E-state index contributed by atoms with van der Waals surface area (Å²) < 4.78 is 11.6. The Labute approximate surface area is 145 Å². The van der Waals surface area contributed by atoms with Crippen LogP contribution >= 0.6 is 0 Å². The van der Waals surface area contributed by atoms with Crippen molar-refractivity contribution in [2.24, 2.45) is 0 Å². The number of carbonyl (C=O) groups is 1. The molecule has 25 heavy (non-hydrogen) atoms. The molecule has 0 aliphatic carbocycles. The van der Waals surface area contributed by atoms with Crippen LogP contribution in [0.3, 0.4) is 0 Å². The Hall–Kier alpha value is -2.82. The topological polar surface area (TPSA) is 76.7 Å². The quantitative estimate of drug-likeness (QED) is 0.657. The van der Waals surface area contributed by atoms with Gasteiger partial charge < -0.3 is 14.3 Å². The van der Waals surface area contributed by atoms with Gasteiger partial charge in [0.15, 0.2) is 16.8 Å². The second kappa shape index (κ2) is 5.62. The Morgan fingerprint density at radius 3 is 2.60 bits per heavy atom. The number of hydrogen-bond donors (Lipinski definition) is 1. The van der Waals surface area contributed by atoms with E-state index in [4.69, 9.17) is 9.15 Å². The minimum Gasteiger partial charge on any atom is -0.506 e. The van der Waals surface area contributed by atoms with Crippen LogP contribution in [0.5, 0.6) is 11.5 Å². The molecule has 5 nitrogen and oxygen atoms in total. The zero-order valence-corrected chi connectivity index (χ0v) is 14.9. The first-order chi connectivity index (χ1) is 11.6. The number of rotatable bonds is 2. The molecule has 2 heterocycles. The van der Waals surface area contributed by atoms with Crippen LogP contribution < -0.4 is 10.2 Å². The highest BCUT2D eigenvalue weighted by atomic mass is 16.5. The van der Waals surface area contributed by atoms with Gasteiger partial charge in [-0.25, -0.2) is 0 Å². The summed E-state index contributed by atoms with van der Waals surface area (Å²) in [6.07, 6.45) is 4.90. The van der Waals surface area contributed by atoms with Crippen LogP contribution in [0.25, 0.3) is 17.0 Å². The third-order valence-corrected chi connectivity index (χ3v) is 3.94. The molecule has 1 aliphatic heterocycles. The van der Waals surface area contributed by atoms with E-state index in [9.17, 15) is 14.7 Å². The van der Waals surface area contributed by atoms with Gasteiger partial charge in [-0.05, 0) is 52.8 Å². The Balaban J connectivity index is 2.52. The number of phenolic OH excluding ortho intramolecular Hbond substituents is 1. The lowest BCUT2D eigenvalue weighted by Crippen LogP contribution is -2.29. The van der Waals surface area contributed by atoms with E-state index >= 15 is 0 Å². The molecular formula is C20H20O5. The lowest BCUT2D eigenvalue weighted by atomic mass is 9.94. The highest BCUT2D eigenvalue weighted by Crippen LogP contribution is 2.44. The Morgan fingerprint density at radius 2 is 1.96 bits per heavy atom. The van der Waals surface area contributed by atoms with Crippen molar-refractivity contribution in [3.05, 3.63) is 50.9 Å². The smallest absolute Gasteiger partial charge is 0.196 e. The molecular weight excluding hydrogens is 320 g/mol. The summed E-state index contributed by atoms with van der Waals surface area (Å²) in [6, 6.07) is 1.29. The minimum absolute atomic E-state index is 0.0113. The van der Waals surface area contributed by atoms with Gasteiger partial charge in [0.25, 0.3) is 0 Å². The van der Waals surface area contributed by atoms with Crippen LogP contribution in [-0.2, 0) is 0 Å². The predicted molar refractivity (Wildman–Crippen MR) is 96.4 cm³/mol. The van der Waals surface area contributed by atoms with Gasteiger partial charge in [0.05, 0.1) is 5.56 Å². The van der Waals surface area contributed by atoms with E-state index in [1.807, 2.05) is 13.8 Å². The van der Waals surface area contributed by atoms with Crippen LogP contribution in [0.4, 0.5) is 0 Å². The van der Waals surface area contributed by atoms with Crippen molar-refractivity contribution in [3.8, 4) is 11.5 Å². The van der Waals surface area contributed by atoms with E-state index in [0.717, 1.165) is 5.57 Å². The number of aryl methyl sites for hydroxylation is 1. The molecule has 0 radical (unpaired) electrons. The molecule has 130 valence electrons. The maximum atomic E-state index is 12.9. The Morgan fingerprint density at radius 1 is 1.28 bits per heavy atom.